The lowest BCUT2D eigenvalue weighted by atomic mass is 10.1. The van der Waals surface area contributed by atoms with E-state index < -0.39 is 0 Å². The fourth-order valence-corrected chi connectivity index (χ4v) is 2.16. The molecule has 1 aromatic heterocycles. The molecule has 1 aliphatic rings. The van der Waals surface area contributed by atoms with Gasteiger partial charge in [-0.2, -0.15) is 0 Å². The van der Waals surface area contributed by atoms with Crippen LogP contribution >= 0.6 is 0 Å². The molecule has 19 heavy (non-hydrogen) atoms. The van der Waals surface area contributed by atoms with Crippen LogP contribution in [-0.4, -0.2) is 17.1 Å². The lowest BCUT2D eigenvalue weighted by Gasteiger charge is -2.05. The summed E-state index contributed by atoms with van der Waals surface area (Å²) >= 11 is 0. The summed E-state index contributed by atoms with van der Waals surface area (Å²) in [6.07, 6.45) is 8.05. The molecule has 1 aromatic carbocycles. The quantitative estimate of drug-likeness (QED) is 0.819. The zero-order valence-corrected chi connectivity index (χ0v) is 10.9. The largest absolute Gasteiger partial charge is 0.496 e. The summed E-state index contributed by atoms with van der Waals surface area (Å²) in [4.78, 5) is 8.72. The molecule has 0 saturated carbocycles. The molecule has 1 aliphatic carbocycles. The number of rotatable bonds is 2. The number of allylic oxidation sites excluding steroid dienone is 2. The highest BCUT2D eigenvalue weighted by molar-refractivity contribution is 5.96. The Morgan fingerprint density at radius 2 is 2.00 bits per heavy atom. The molecule has 94 valence electrons. The van der Waals surface area contributed by atoms with Crippen LogP contribution in [0.4, 0.5) is 0 Å². The Labute approximate surface area is 112 Å². The van der Waals surface area contributed by atoms with E-state index in [0.717, 1.165) is 34.0 Å². The molecule has 0 aliphatic heterocycles. The smallest absolute Gasteiger partial charge is 0.126 e. The molecule has 3 rings (SSSR count). The van der Waals surface area contributed by atoms with Crippen molar-refractivity contribution in [3.8, 4) is 5.75 Å². The van der Waals surface area contributed by atoms with Crippen molar-refractivity contribution in [3.63, 3.8) is 0 Å². The standard InChI is InChI=1S/C16H14N2O/c1-11-17-10-14-8-7-13(16(14)18-11)9-12-5-3-4-6-15(12)19-2/h3-10H,1-2H3/b13-9+. The molecular weight excluding hydrogens is 236 g/mol. The van der Waals surface area contributed by atoms with Crippen molar-refractivity contribution in [2.24, 2.45) is 0 Å². The number of para-hydroxylation sites is 1. The van der Waals surface area contributed by atoms with Gasteiger partial charge in [0.2, 0.25) is 0 Å². The molecular formula is C16H14N2O. The Morgan fingerprint density at radius 1 is 1.16 bits per heavy atom. The minimum Gasteiger partial charge on any atom is -0.496 e. The molecule has 1 heterocycles. The van der Waals surface area contributed by atoms with Crippen LogP contribution in [0.2, 0.25) is 0 Å². The minimum absolute atomic E-state index is 0.786. The molecule has 2 aromatic rings. The summed E-state index contributed by atoms with van der Waals surface area (Å²) < 4.78 is 5.37. The summed E-state index contributed by atoms with van der Waals surface area (Å²) in [5, 5.41) is 0. The van der Waals surface area contributed by atoms with Gasteiger partial charge in [0, 0.05) is 22.9 Å². The fraction of sp³-hybridized carbons (Fsp3) is 0.125. The van der Waals surface area contributed by atoms with Crippen LogP contribution in [0.25, 0.3) is 17.7 Å². The van der Waals surface area contributed by atoms with E-state index in [1.165, 1.54) is 0 Å². The van der Waals surface area contributed by atoms with Gasteiger partial charge in [0.25, 0.3) is 0 Å². The van der Waals surface area contributed by atoms with Crippen molar-refractivity contribution in [1.82, 2.24) is 9.97 Å². The average molecular weight is 250 g/mol. The number of ether oxygens (including phenoxy) is 1. The number of fused-ring (bicyclic) bond motifs is 1. The molecule has 3 nitrogen and oxygen atoms in total. The number of aryl methyl sites for hydroxylation is 1. The normalized spacial score (nSPS) is 14.7. The third-order valence-electron chi connectivity index (χ3n) is 3.10. The van der Waals surface area contributed by atoms with Gasteiger partial charge in [0.1, 0.15) is 11.6 Å². The highest BCUT2D eigenvalue weighted by Gasteiger charge is 2.13. The van der Waals surface area contributed by atoms with Crippen LogP contribution in [0.1, 0.15) is 22.6 Å². The van der Waals surface area contributed by atoms with Crippen LogP contribution in [-0.2, 0) is 0 Å². The van der Waals surface area contributed by atoms with Gasteiger partial charge in [-0.1, -0.05) is 30.4 Å². The van der Waals surface area contributed by atoms with Crippen molar-refractivity contribution in [1.29, 1.82) is 0 Å². The zero-order valence-electron chi connectivity index (χ0n) is 10.9. The first-order valence-electron chi connectivity index (χ1n) is 6.15. The van der Waals surface area contributed by atoms with E-state index in [2.05, 4.69) is 22.1 Å². The molecule has 0 atom stereocenters. The molecule has 0 radical (unpaired) electrons. The van der Waals surface area contributed by atoms with Crippen LogP contribution < -0.4 is 4.74 Å². The Bertz CT molecular complexity index is 687. The van der Waals surface area contributed by atoms with Crippen molar-refractivity contribution in [2.75, 3.05) is 7.11 Å². The molecule has 0 spiro atoms. The zero-order chi connectivity index (χ0) is 13.2. The SMILES string of the molecule is COc1ccccc1/C=C1\C=Cc2cnc(C)nc21. The number of aromatic nitrogens is 2. The first-order valence-corrected chi connectivity index (χ1v) is 6.15. The predicted molar refractivity (Wildman–Crippen MR) is 76.7 cm³/mol. The van der Waals surface area contributed by atoms with Gasteiger partial charge in [0.05, 0.1) is 12.8 Å². The summed E-state index contributed by atoms with van der Waals surface area (Å²) in [5.41, 5.74) is 4.18. The van der Waals surface area contributed by atoms with Gasteiger partial charge in [0.15, 0.2) is 0 Å². The topological polar surface area (TPSA) is 35.0 Å². The molecule has 0 amide bonds. The summed E-state index contributed by atoms with van der Waals surface area (Å²) in [7, 11) is 1.68. The average Bonchev–Trinajstić information content (AvgIpc) is 2.82. The number of nitrogens with zero attached hydrogens (tertiary/aromatic N) is 2. The number of methoxy groups -OCH3 is 1. The van der Waals surface area contributed by atoms with Crippen LogP contribution in [0.15, 0.2) is 36.5 Å². The van der Waals surface area contributed by atoms with E-state index >= 15 is 0 Å². The summed E-state index contributed by atoms with van der Waals surface area (Å²) in [6.45, 7) is 1.90. The summed E-state index contributed by atoms with van der Waals surface area (Å²) in [6, 6.07) is 7.95. The van der Waals surface area contributed by atoms with Crippen molar-refractivity contribution in [2.45, 2.75) is 6.92 Å². The number of hydrogen-bond donors (Lipinski definition) is 0. The van der Waals surface area contributed by atoms with E-state index in [-0.39, 0.29) is 0 Å². The molecule has 0 unspecified atom stereocenters. The van der Waals surface area contributed by atoms with Gasteiger partial charge >= 0.3 is 0 Å². The van der Waals surface area contributed by atoms with Gasteiger partial charge < -0.3 is 4.74 Å². The first-order chi connectivity index (χ1) is 9.28. The highest BCUT2D eigenvalue weighted by Crippen LogP contribution is 2.30. The molecule has 0 saturated heterocycles. The van der Waals surface area contributed by atoms with E-state index in [9.17, 15) is 0 Å². The van der Waals surface area contributed by atoms with Crippen LogP contribution in [0.3, 0.4) is 0 Å². The minimum atomic E-state index is 0.786. The molecule has 0 fully saturated rings. The van der Waals surface area contributed by atoms with E-state index in [4.69, 9.17) is 4.74 Å². The van der Waals surface area contributed by atoms with Crippen LogP contribution in [0.5, 0.6) is 5.75 Å². The Kier molecular flexibility index (Phi) is 2.88. The van der Waals surface area contributed by atoms with E-state index in [0.29, 0.717) is 0 Å². The predicted octanol–water partition coefficient (Wildman–Crippen LogP) is 3.36. The van der Waals surface area contributed by atoms with Gasteiger partial charge in [-0.3, -0.25) is 0 Å². The van der Waals surface area contributed by atoms with Crippen LogP contribution in [0, 0.1) is 6.92 Å². The van der Waals surface area contributed by atoms with Gasteiger partial charge in [-0.25, -0.2) is 9.97 Å². The fourth-order valence-electron chi connectivity index (χ4n) is 2.16. The third kappa shape index (κ3) is 2.15. The molecule has 3 heteroatoms. The van der Waals surface area contributed by atoms with Gasteiger partial charge in [-0.05, 0) is 19.1 Å². The van der Waals surface area contributed by atoms with Crippen molar-refractivity contribution < 1.29 is 4.74 Å². The Balaban J connectivity index is 2.08. The first kappa shape index (κ1) is 11.7. The maximum absolute atomic E-state index is 5.37. The molecule has 0 bridgehead atoms. The Morgan fingerprint density at radius 3 is 2.84 bits per heavy atom. The van der Waals surface area contributed by atoms with Gasteiger partial charge in [-0.15, -0.1) is 0 Å². The second-order valence-corrected chi connectivity index (χ2v) is 4.40. The lowest BCUT2D eigenvalue weighted by molar-refractivity contribution is 0.414. The number of benzene rings is 1. The van der Waals surface area contributed by atoms with E-state index in [1.807, 2.05) is 43.5 Å². The van der Waals surface area contributed by atoms with Crippen molar-refractivity contribution in [3.05, 3.63) is 59.2 Å². The highest BCUT2D eigenvalue weighted by atomic mass is 16.5. The second-order valence-electron chi connectivity index (χ2n) is 4.40. The van der Waals surface area contributed by atoms with Crippen molar-refractivity contribution >= 4 is 17.7 Å². The second kappa shape index (κ2) is 4.69. The molecule has 0 N–H and O–H groups in total. The van der Waals surface area contributed by atoms with E-state index in [1.54, 1.807) is 7.11 Å². The maximum Gasteiger partial charge on any atom is 0.126 e. The maximum atomic E-state index is 5.37. The number of hydrogen-bond acceptors (Lipinski definition) is 3. The Hall–Kier alpha value is -2.42. The third-order valence-corrected chi connectivity index (χ3v) is 3.10. The summed E-state index contributed by atoms with van der Waals surface area (Å²) in [5.74, 6) is 1.65. The lowest BCUT2D eigenvalue weighted by Crippen LogP contribution is -1.94. The monoisotopic (exact) mass is 250 g/mol.